The van der Waals surface area contributed by atoms with Gasteiger partial charge >= 0.3 is 6.09 Å². The van der Waals surface area contributed by atoms with Crippen molar-refractivity contribution < 1.29 is 14.3 Å². The van der Waals surface area contributed by atoms with Crippen LogP contribution in [0.3, 0.4) is 0 Å². The average Bonchev–Trinajstić information content (AvgIpc) is 3.30. The number of nitrogens with zero attached hydrogens (tertiary/aromatic N) is 2. The average molecular weight is 417 g/mol. The van der Waals surface area contributed by atoms with Crippen LogP contribution in [0.4, 0.5) is 16.4 Å². The van der Waals surface area contributed by atoms with Crippen LogP contribution >= 0.6 is 0 Å². The van der Waals surface area contributed by atoms with Gasteiger partial charge in [-0.2, -0.15) is 0 Å². The second kappa shape index (κ2) is 7.64. The minimum atomic E-state index is -0.652. The third-order valence-electron chi connectivity index (χ3n) is 4.51. The van der Waals surface area contributed by atoms with E-state index in [-0.39, 0.29) is 11.9 Å². The Balaban J connectivity index is 1.55. The molecule has 0 bridgehead atoms. The Hall–Kier alpha value is -4.07. The number of nitrogens with one attached hydrogen (secondary N) is 2. The van der Waals surface area contributed by atoms with Crippen LogP contribution in [-0.2, 0) is 4.74 Å². The number of hydrogen-bond donors (Lipinski definition) is 3. The first-order valence-electron chi connectivity index (χ1n) is 9.77. The van der Waals surface area contributed by atoms with E-state index in [1.54, 1.807) is 45.0 Å². The normalized spacial score (nSPS) is 11.5. The molecule has 4 N–H and O–H groups in total. The molecule has 8 nitrogen and oxygen atoms in total. The molecule has 2 aromatic heterocycles. The molecule has 0 saturated carbocycles. The van der Waals surface area contributed by atoms with Crippen LogP contribution in [0.1, 0.15) is 31.3 Å². The zero-order valence-electron chi connectivity index (χ0n) is 17.5. The number of fused-ring (bicyclic) bond motifs is 1. The van der Waals surface area contributed by atoms with Crippen molar-refractivity contribution in [1.29, 1.82) is 0 Å². The molecule has 4 rings (SSSR count). The van der Waals surface area contributed by atoms with Crippen molar-refractivity contribution in [3.8, 4) is 11.3 Å². The minimum Gasteiger partial charge on any atom is -0.443 e. The van der Waals surface area contributed by atoms with Crippen LogP contribution < -0.4 is 11.1 Å². The molecule has 8 heteroatoms. The highest BCUT2D eigenvalue weighted by Gasteiger charge is 2.21. The summed E-state index contributed by atoms with van der Waals surface area (Å²) in [5, 5.41) is 3.84. The molecule has 158 valence electrons. The quantitative estimate of drug-likeness (QED) is 0.449. The zero-order valence-corrected chi connectivity index (χ0v) is 17.5. The molecule has 1 amide bonds. The molecule has 0 radical (unpaired) electrons. The number of para-hydroxylation sites is 1. The molecule has 0 saturated heterocycles. The Bertz CT molecular complexity index is 1250. The number of hydrogen-bond acceptors (Lipinski definition) is 5. The number of rotatable bonds is 3. The van der Waals surface area contributed by atoms with Crippen molar-refractivity contribution in [1.82, 2.24) is 14.5 Å². The van der Waals surface area contributed by atoms with Gasteiger partial charge in [-0.25, -0.2) is 14.3 Å². The van der Waals surface area contributed by atoms with E-state index in [0.717, 1.165) is 15.5 Å². The van der Waals surface area contributed by atoms with E-state index < -0.39 is 11.7 Å². The summed E-state index contributed by atoms with van der Waals surface area (Å²) in [7, 11) is 0. The molecule has 0 unspecified atom stereocenters. The summed E-state index contributed by atoms with van der Waals surface area (Å²) in [5.74, 6) is -0.232. The second-order valence-electron chi connectivity index (χ2n) is 8.14. The summed E-state index contributed by atoms with van der Waals surface area (Å²) in [4.78, 5) is 32.4. The van der Waals surface area contributed by atoms with Gasteiger partial charge in [-0.05, 0) is 45.0 Å². The molecule has 2 heterocycles. The predicted molar refractivity (Wildman–Crippen MR) is 120 cm³/mol. The summed E-state index contributed by atoms with van der Waals surface area (Å²) < 4.78 is 6.51. The van der Waals surface area contributed by atoms with Gasteiger partial charge in [0.05, 0.1) is 5.69 Å². The molecule has 0 aliphatic rings. The first kappa shape index (κ1) is 20.2. The fourth-order valence-electron chi connectivity index (χ4n) is 3.14. The molecule has 31 heavy (non-hydrogen) atoms. The standard InChI is InChI=1S/C23H23N5O3/c1-23(2,3)31-22(30)28-13-19(27-21(28)24)14-8-6-9-16(11-14)25-20(29)18-12-15-7-4-5-10-17(15)26-18/h4-13,26H,1-3H3,(H2,24,27)(H,25,29). The van der Waals surface area contributed by atoms with Crippen molar-refractivity contribution in [3.63, 3.8) is 0 Å². The first-order chi connectivity index (χ1) is 14.7. The van der Waals surface area contributed by atoms with Gasteiger partial charge in [0.1, 0.15) is 11.3 Å². The number of nitrogen functional groups attached to an aromatic ring is 1. The van der Waals surface area contributed by atoms with E-state index >= 15 is 0 Å². The van der Waals surface area contributed by atoms with Crippen LogP contribution in [0.15, 0.2) is 60.8 Å². The predicted octanol–water partition coefficient (Wildman–Crippen LogP) is 4.65. The lowest BCUT2D eigenvalue weighted by Crippen LogP contribution is -2.27. The molecule has 2 aromatic carbocycles. The maximum Gasteiger partial charge on any atom is 0.421 e. The lowest BCUT2D eigenvalue weighted by molar-refractivity contribution is 0.0540. The molecule has 0 fully saturated rings. The number of amides is 1. The van der Waals surface area contributed by atoms with Crippen molar-refractivity contribution in [2.24, 2.45) is 0 Å². The van der Waals surface area contributed by atoms with Gasteiger partial charge in [-0.1, -0.05) is 30.3 Å². The maximum absolute atomic E-state index is 12.7. The zero-order chi connectivity index (χ0) is 22.2. The molecular formula is C23H23N5O3. The molecule has 0 aliphatic carbocycles. The lowest BCUT2D eigenvalue weighted by atomic mass is 10.1. The third kappa shape index (κ3) is 4.42. The highest BCUT2D eigenvalue weighted by molar-refractivity contribution is 6.06. The van der Waals surface area contributed by atoms with Gasteiger partial charge in [-0.15, -0.1) is 0 Å². The van der Waals surface area contributed by atoms with Gasteiger partial charge in [0.25, 0.3) is 5.91 Å². The number of aromatic nitrogens is 3. The van der Waals surface area contributed by atoms with Gasteiger partial charge in [-0.3, -0.25) is 4.79 Å². The molecule has 0 atom stereocenters. The number of ether oxygens (including phenoxy) is 1. The fourth-order valence-corrected chi connectivity index (χ4v) is 3.14. The number of carbonyl (C=O) groups excluding carboxylic acids is 2. The van der Waals surface area contributed by atoms with Crippen LogP contribution in [0.25, 0.3) is 22.2 Å². The monoisotopic (exact) mass is 417 g/mol. The van der Waals surface area contributed by atoms with Crippen LogP contribution in [0, 0.1) is 0 Å². The van der Waals surface area contributed by atoms with E-state index in [4.69, 9.17) is 10.5 Å². The highest BCUT2D eigenvalue weighted by atomic mass is 16.6. The maximum atomic E-state index is 12.7. The second-order valence-corrected chi connectivity index (χ2v) is 8.14. The number of imidazole rings is 1. The number of aromatic amines is 1. The molecular weight excluding hydrogens is 394 g/mol. The van der Waals surface area contributed by atoms with E-state index in [2.05, 4.69) is 15.3 Å². The summed E-state index contributed by atoms with van der Waals surface area (Å²) in [6.45, 7) is 5.33. The number of H-pyrrole nitrogens is 1. The summed E-state index contributed by atoms with van der Waals surface area (Å²) in [6.07, 6.45) is 0.911. The Morgan fingerprint density at radius 1 is 1.10 bits per heavy atom. The highest BCUT2D eigenvalue weighted by Crippen LogP contribution is 2.24. The minimum absolute atomic E-state index is 0.0248. The van der Waals surface area contributed by atoms with Crippen molar-refractivity contribution in [2.75, 3.05) is 11.1 Å². The van der Waals surface area contributed by atoms with E-state index in [1.807, 2.05) is 30.3 Å². The number of benzene rings is 2. The Morgan fingerprint density at radius 2 is 1.87 bits per heavy atom. The van der Waals surface area contributed by atoms with Crippen molar-refractivity contribution in [2.45, 2.75) is 26.4 Å². The SMILES string of the molecule is CC(C)(C)OC(=O)n1cc(-c2cccc(NC(=O)c3cc4ccccc4[nH]3)c2)nc1N. The first-order valence-corrected chi connectivity index (χ1v) is 9.77. The van der Waals surface area contributed by atoms with Crippen LogP contribution in [0.5, 0.6) is 0 Å². The lowest BCUT2D eigenvalue weighted by Gasteiger charge is -2.19. The van der Waals surface area contributed by atoms with Crippen LogP contribution in [-0.4, -0.2) is 32.1 Å². The van der Waals surface area contributed by atoms with Gasteiger partial charge in [0.15, 0.2) is 0 Å². The van der Waals surface area contributed by atoms with Crippen molar-refractivity contribution >= 4 is 34.5 Å². The Kier molecular flexibility index (Phi) is 4.98. The fraction of sp³-hybridized carbons (Fsp3) is 0.174. The summed E-state index contributed by atoms with van der Waals surface area (Å²) >= 11 is 0. The largest absolute Gasteiger partial charge is 0.443 e. The topological polar surface area (TPSA) is 115 Å². The van der Waals surface area contributed by atoms with Gasteiger partial charge in [0, 0.05) is 28.4 Å². The van der Waals surface area contributed by atoms with Gasteiger partial charge < -0.3 is 20.8 Å². The van der Waals surface area contributed by atoms with E-state index in [9.17, 15) is 9.59 Å². The molecule has 0 aliphatic heterocycles. The van der Waals surface area contributed by atoms with Gasteiger partial charge in [0.2, 0.25) is 5.95 Å². The number of anilines is 2. The van der Waals surface area contributed by atoms with E-state index in [0.29, 0.717) is 22.6 Å². The van der Waals surface area contributed by atoms with Crippen molar-refractivity contribution in [3.05, 3.63) is 66.5 Å². The Morgan fingerprint density at radius 3 is 2.61 bits per heavy atom. The summed E-state index contributed by atoms with van der Waals surface area (Å²) in [6, 6.07) is 16.6. The van der Waals surface area contributed by atoms with E-state index in [1.165, 1.54) is 6.20 Å². The Labute approximate surface area is 179 Å². The molecule has 0 spiro atoms. The number of carbonyl (C=O) groups is 2. The third-order valence-corrected chi connectivity index (χ3v) is 4.51. The van der Waals surface area contributed by atoms with Crippen LogP contribution in [0.2, 0.25) is 0 Å². The molecule has 4 aromatic rings. The summed E-state index contributed by atoms with van der Waals surface area (Å²) in [5.41, 5.74) is 8.39. The number of nitrogens with two attached hydrogens (primary N) is 1. The smallest absolute Gasteiger partial charge is 0.421 e.